The second-order valence-electron chi connectivity index (χ2n) is 4.01. The molecule has 6 heteroatoms. The third-order valence-electron chi connectivity index (χ3n) is 2.67. The minimum absolute atomic E-state index is 0.326. The number of unbranched alkanes of at least 4 members (excludes halogenated alkanes) is 2. The fourth-order valence-electron chi connectivity index (χ4n) is 1.78. The van der Waals surface area contributed by atoms with Gasteiger partial charge in [0.2, 0.25) is 0 Å². The smallest absolute Gasteiger partial charge is 0.164 e. The molecule has 1 saturated heterocycles. The van der Waals surface area contributed by atoms with E-state index in [-0.39, 0.29) is 5.37 Å². The van der Waals surface area contributed by atoms with Crippen molar-refractivity contribution in [3.05, 3.63) is 0 Å². The van der Waals surface area contributed by atoms with Crippen molar-refractivity contribution in [2.45, 2.75) is 24.6 Å². The number of hydrogen-bond donors (Lipinski definition) is 0. The maximum Gasteiger partial charge on any atom is 0.164 e. The normalized spacial score (nSPS) is 22.9. The average Bonchev–Trinajstić information content (AvgIpc) is 2.24. The number of hydrogen-bond acceptors (Lipinski definition) is 5. The minimum atomic E-state index is -2.98. The first-order chi connectivity index (χ1) is 7.55. The first-order valence-corrected chi connectivity index (χ1v) is 8.54. The summed E-state index contributed by atoms with van der Waals surface area (Å²) in [5.74, 6) is 1.68. The summed E-state index contributed by atoms with van der Waals surface area (Å²) in [4.78, 5) is 2.04. The van der Waals surface area contributed by atoms with Gasteiger partial charge < -0.3 is 0 Å². The van der Waals surface area contributed by atoms with Crippen LogP contribution in [0.5, 0.6) is 0 Å². The van der Waals surface area contributed by atoms with Gasteiger partial charge in [0, 0.05) is 30.7 Å². The van der Waals surface area contributed by atoms with E-state index < -0.39 is 9.84 Å². The Labute approximate surface area is 102 Å². The molecule has 0 saturated carbocycles. The lowest BCUT2D eigenvalue weighted by atomic mass is 10.2. The van der Waals surface area contributed by atoms with Crippen LogP contribution in [0.2, 0.25) is 0 Å². The van der Waals surface area contributed by atoms with E-state index >= 15 is 0 Å². The van der Waals surface area contributed by atoms with Gasteiger partial charge >= 0.3 is 0 Å². The highest BCUT2D eigenvalue weighted by Crippen LogP contribution is 2.20. The molecular formula is C10H18N2O2S2. The second-order valence-corrected chi connectivity index (χ2v) is 7.36. The van der Waals surface area contributed by atoms with E-state index in [2.05, 4.69) is 6.07 Å². The first kappa shape index (κ1) is 13.8. The Hall–Kier alpha value is -0.250. The molecule has 0 radical (unpaired) electrons. The maximum atomic E-state index is 11.6. The van der Waals surface area contributed by atoms with Gasteiger partial charge in [-0.05, 0) is 19.4 Å². The van der Waals surface area contributed by atoms with Crippen LogP contribution in [-0.4, -0.2) is 49.5 Å². The van der Waals surface area contributed by atoms with Crippen LogP contribution in [0.25, 0.3) is 0 Å². The number of thioether (sulfide) groups is 1. The Balaban J connectivity index is 2.45. The van der Waals surface area contributed by atoms with Crippen LogP contribution >= 0.6 is 11.8 Å². The van der Waals surface area contributed by atoms with Crippen molar-refractivity contribution < 1.29 is 8.42 Å². The third kappa shape index (κ3) is 4.32. The van der Waals surface area contributed by atoms with E-state index in [9.17, 15) is 8.42 Å². The van der Waals surface area contributed by atoms with Gasteiger partial charge in [0.25, 0.3) is 0 Å². The summed E-state index contributed by atoms with van der Waals surface area (Å²) >= 11 is 1.70. The third-order valence-corrected chi connectivity index (χ3v) is 5.36. The van der Waals surface area contributed by atoms with Crippen LogP contribution in [0, 0.1) is 11.3 Å². The first-order valence-electron chi connectivity index (χ1n) is 5.43. The largest absolute Gasteiger partial charge is 0.286 e. The zero-order valence-electron chi connectivity index (χ0n) is 9.55. The lowest BCUT2D eigenvalue weighted by molar-refractivity contribution is 0.265. The molecule has 0 N–H and O–H groups in total. The Morgan fingerprint density at radius 1 is 1.50 bits per heavy atom. The van der Waals surface area contributed by atoms with Crippen molar-refractivity contribution in [3.63, 3.8) is 0 Å². The van der Waals surface area contributed by atoms with Gasteiger partial charge in [0.05, 0.1) is 6.07 Å². The molecule has 1 aliphatic heterocycles. The quantitative estimate of drug-likeness (QED) is 0.694. The van der Waals surface area contributed by atoms with E-state index in [1.54, 1.807) is 11.8 Å². The van der Waals surface area contributed by atoms with E-state index in [0.717, 1.165) is 31.7 Å². The van der Waals surface area contributed by atoms with Crippen LogP contribution in [0.1, 0.15) is 19.3 Å². The van der Waals surface area contributed by atoms with Crippen LogP contribution in [0.3, 0.4) is 0 Å². The Bertz CT molecular complexity index is 348. The SMILES string of the molecule is CS(=O)(=O)C1CSCCN1CCCCC#N. The monoisotopic (exact) mass is 262 g/mol. The van der Waals surface area contributed by atoms with E-state index in [1.165, 1.54) is 6.26 Å². The molecule has 0 aromatic carbocycles. The highest BCUT2D eigenvalue weighted by atomic mass is 32.2. The molecule has 1 fully saturated rings. The molecule has 1 heterocycles. The summed E-state index contributed by atoms with van der Waals surface area (Å²) in [6.45, 7) is 1.63. The number of nitriles is 1. The molecule has 0 aliphatic carbocycles. The Morgan fingerprint density at radius 2 is 2.25 bits per heavy atom. The molecule has 1 unspecified atom stereocenters. The van der Waals surface area contributed by atoms with Crippen LogP contribution in [-0.2, 0) is 9.84 Å². The van der Waals surface area contributed by atoms with Crippen molar-refractivity contribution >= 4 is 21.6 Å². The van der Waals surface area contributed by atoms with Crippen molar-refractivity contribution in [2.75, 3.05) is 30.9 Å². The van der Waals surface area contributed by atoms with Crippen molar-refractivity contribution in [1.29, 1.82) is 5.26 Å². The molecule has 0 aromatic heterocycles. The molecule has 1 atom stereocenters. The van der Waals surface area contributed by atoms with Gasteiger partial charge in [-0.1, -0.05) is 0 Å². The minimum Gasteiger partial charge on any atom is -0.286 e. The Morgan fingerprint density at radius 3 is 2.88 bits per heavy atom. The van der Waals surface area contributed by atoms with E-state index in [4.69, 9.17) is 5.26 Å². The van der Waals surface area contributed by atoms with Crippen LogP contribution in [0.15, 0.2) is 0 Å². The zero-order chi connectivity index (χ0) is 12.0. The summed E-state index contributed by atoms with van der Waals surface area (Å²) < 4.78 is 23.2. The van der Waals surface area contributed by atoms with Gasteiger partial charge in [-0.15, -0.1) is 0 Å². The predicted octanol–water partition coefficient (Wildman–Crippen LogP) is 1.10. The van der Waals surface area contributed by atoms with E-state index in [0.29, 0.717) is 12.2 Å². The van der Waals surface area contributed by atoms with Gasteiger partial charge in [0.15, 0.2) is 9.84 Å². The molecule has 0 bridgehead atoms. The number of rotatable bonds is 5. The second kappa shape index (κ2) is 6.48. The number of sulfone groups is 1. The molecule has 16 heavy (non-hydrogen) atoms. The van der Waals surface area contributed by atoms with Gasteiger partial charge in [-0.25, -0.2) is 8.42 Å². The Kier molecular flexibility index (Phi) is 5.59. The van der Waals surface area contributed by atoms with Crippen molar-refractivity contribution in [3.8, 4) is 6.07 Å². The molecule has 0 amide bonds. The molecule has 1 aliphatic rings. The van der Waals surface area contributed by atoms with Crippen LogP contribution in [0.4, 0.5) is 0 Å². The lowest BCUT2D eigenvalue weighted by Crippen LogP contribution is -2.47. The van der Waals surface area contributed by atoms with Crippen molar-refractivity contribution in [1.82, 2.24) is 4.90 Å². The molecular weight excluding hydrogens is 244 g/mol. The van der Waals surface area contributed by atoms with Gasteiger partial charge in [-0.3, -0.25) is 4.90 Å². The van der Waals surface area contributed by atoms with Crippen LogP contribution < -0.4 is 0 Å². The maximum absolute atomic E-state index is 11.6. The highest BCUT2D eigenvalue weighted by Gasteiger charge is 2.30. The molecule has 92 valence electrons. The predicted molar refractivity (Wildman–Crippen MR) is 67.0 cm³/mol. The zero-order valence-corrected chi connectivity index (χ0v) is 11.2. The van der Waals surface area contributed by atoms with E-state index in [1.807, 2.05) is 4.90 Å². The fraction of sp³-hybridized carbons (Fsp3) is 0.900. The van der Waals surface area contributed by atoms with Crippen molar-refractivity contribution in [2.24, 2.45) is 0 Å². The summed E-state index contributed by atoms with van der Waals surface area (Å²) in [6, 6.07) is 2.11. The molecule has 4 nitrogen and oxygen atoms in total. The van der Waals surface area contributed by atoms with Gasteiger partial charge in [0.1, 0.15) is 5.37 Å². The summed E-state index contributed by atoms with van der Waals surface area (Å²) in [6.07, 6.45) is 3.64. The molecule has 1 rings (SSSR count). The molecule has 0 spiro atoms. The summed E-state index contributed by atoms with van der Waals surface area (Å²) in [5.41, 5.74) is 0. The lowest BCUT2D eigenvalue weighted by Gasteiger charge is -2.33. The highest BCUT2D eigenvalue weighted by molar-refractivity contribution is 8.00. The topological polar surface area (TPSA) is 61.2 Å². The fourth-order valence-corrected chi connectivity index (χ4v) is 4.76. The molecule has 0 aromatic rings. The van der Waals surface area contributed by atoms with Gasteiger partial charge in [-0.2, -0.15) is 17.0 Å². The summed E-state index contributed by atoms with van der Waals surface area (Å²) in [5, 5.41) is 8.10. The standard InChI is InChI=1S/C10H18N2O2S2/c1-16(13,14)10-9-15-8-7-12(10)6-4-2-3-5-11/h10H,2-4,6-9H2,1H3. The average molecular weight is 262 g/mol. The number of nitrogens with zero attached hydrogens (tertiary/aromatic N) is 2. The summed E-state index contributed by atoms with van der Waals surface area (Å²) in [7, 11) is -2.98.